The van der Waals surface area contributed by atoms with Gasteiger partial charge in [0.15, 0.2) is 0 Å². The maximum atomic E-state index is 13.1. The molecule has 2 aliphatic rings. The second-order valence-electron chi connectivity index (χ2n) is 9.97. The monoisotopic (exact) mass is 501 g/mol. The molecule has 3 aromatic carbocycles. The largest absolute Gasteiger partial charge is 0.491 e. The van der Waals surface area contributed by atoms with Crippen molar-refractivity contribution in [1.29, 1.82) is 0 Å². The Balaban J connectivity index is 1.07. The molecule has 2 heterocycles. The van der Waals surface area contributed by atoms with Crippen LogP contribution >= 0.6 is 0 Å². The van der Waals surface area contributed by atoms with Crippen LogP contribution in [0.5, 0.6) is 5.75 Å². The molecule has 0 aliphatic carbocycles. The van der Waals surface area contributed by atoms with Crippen LogP contribution in [0.2, 0.25) is 0 Å². The third-order valence-corrected chi connectivity index (χ3v) is 7.33. The van der Waals surface area contributed by atoms with Gasteiger partial charge in [-0.2, -0.15) is 0 Å². The first-order valence-electron chi connectivity index (χ1n) is 13.3. The molecule has 194 valence electrons. The van der Waals surface area contributed by atoms with Crippen LogP contribution in [-0.2, 0) is 6.42 Å². The molecule has 0 radical (unpaired) electrons. The van der Waals surface area contributed by atoms with Crippen LogP contribution in [0, 0.1) is 0 Å². The fourth-order valence-electron chi connectivity index (χ4n) is 5.30. The maximum Gasteiger partial charge on any atom is 0.261 e. The van der Waals surface area contributed by atoms with E-state index < -0.39 is 6.10 Å². The van der Waals surface area contributed by atoms with E-state index in [-0.39, 0.29) is 18.4 Å². The van der Waals surface area contributed by atoms with E-state index in [1.165, 1.54) is 10.5 Å². The van der Waals surface area contributed by atoms with E-state index in [1.54, 1.807) is 0 Å². The van der Waals surface area contributed by atoms with Gasteiger partial charge in [-0.3, -0.25) is 24.3 Å². The zero-order valence-electron chi connectivity index (χ0n) is 21.4. The van der Waals surface area contributed by atoms with Gasteiger partial charge in [0.05, 0.1) is 0 Å². The average molecular weight is 502 g/mol. The Morgan fingerprint density at radius 1 is 0.838 bits per heavy atom. The summed E-state index contributed by atoms with van der Waals surface area (Å²) in [4.78, 5) is 32.1. The van der Waals surface area contributed by atoms with Crippen LogP contribution in [0.3, 0.4) is 0 Å². The number of aliphatic hydroxyl groups is 1. The number of ether oxygens (including phenoxy) is 1. The second kappa shape index (κ2) is 11.4. The Morgan fingerprint density at radius 2 is 1.46 bits per heavy atom. The lowest BCUT2D eigenvalue weighted by Crippen LogP contribution is -2.51. The van der Waals surface area contributed by atoms with Crippen molar-refractivity contribution in [3.8, 4) is 5.75 Å². The molecule has 3 aromatic rings. The highest BCUT2D eigenvalue weighted by molar-refractivity contribution is 6.25. The van der Waals surface area contributed by atoms with Crippen molar-refractivity contribution >= 4 is 22.6 Å². The van der Waals surface area contributed by atoms with Crippen molar-refractivity contribution in [3.63, 3.8) is 0 Å². The summed E-state index contributed by atoms with van der Waals surface area (Å²) in [7, 11) is 0. The van der Waals surface area contributed by atoms with Crippen LogP contribution in [0.4, 0.5) is 0 Å². The van der Waals surface area contributed by atoms with Crippen LogP contribution in [0.15, 0.2) is 60.7 Å². The number of β-amino-alcohol motifs (C(OH)–C–C–N with tert-alkyl or cyclic N) is 1. The number of hydrogen-bond acceptors (Lipinski definition) is 6. The molecule has 1 atom stereocenters. The predicted molar refractivity (Wildman–Crippen MR) is 144 cm³/mol. The highest BCUT2D eigenvalue weighted by atomic mass is 16.5. The Labute approximate surface area is 218 Å². The molecule has 37 heavy (non-hydrogen) atoms. The number of carbonyl (C=O) groups excluding carboxylic acids is 2. The van der Waals surface area contributed by atoms with Crippen LogP contribution in [-0.4, -0.2) is 90.1 Å². The first-order chi connectivity index (χ1) is 18.0. The Kier molecular flexibility index (Phi) is 7.84. The van der Waals surface area contributed by atoms with Crippen LogP contribution in [0.25, 0.3) is 10.8 Å². The molecule has 1 fully saturated rings. The van der Waals surface area contributed by atoms with Gasteiger partial charge in [0.2, 0.25) is 0 Å². The van der Waals surface area contributed by atoms with Gasteiger partial charge in [0, 0.05) is 62.3 Å². The van der Waals surface area contributed by atoms with Gasteiger partial charge >= 0.3 is 0 Å². The molecule has 1 saturated heterocycles. The molecule has 2 aliphatic heterocycles. The summed E-state index contributed by atoms with van der Waals surface area (Å²) in [5.41, 5.74) is 2.50. The number of nitrogens with zero attached hydrogens (tertiary/aromatic N) is 3. The van der Waals surface area contributed by atoms with E-state index >= 15 is 0 Å². The molecule has 0 saturated carbocycles. The van der Waals surface area contributed by atoms with E-state index in [0.717, 1.165) is 55.5 Å². The standard InChI is InChI=1S/C30H35N3O4/c1-2-5-22-10-12-25(13-11-22)37-21-24(34)20-32-16-14-31(15-17-32)18-19-33-29(35)26-8-3-6-23-7-4-9-27(28(23)26)30(33)36/h3-4,6-13,24,34H,2,5,14-21H2,1H3. The smallest absolute Gasteiger partial charge is 0.261 e. The summed E-state index contributed by atoms with van der Waals surface area (Å²) in [6.07, 6.45) is 1.61. The van der Waals surface area contributed by atoms with Gasteiger partial charge in [-0.25, -0.2) is 0 Å². The lowest BCUT2D eigenvalue weighted by atomic mass is 9.94. The van der Waals surface area contributed by atoms with Crippen molar-refractivity contribution in [2.75, 3.05) is 52.4 Å². The molecule has 1 N–H and O–H groups in total. The van der Waals surface area contributed by atoms with Crippen molar-refractivity contribution in [3.05, 3.63) is 77.4 Å². The fourth-order valence-corrected chi connectivity index (χ4v) is 5.30. The number of hydrogen-bond donors (Lipinski definition) is 1. The highest BCUT2D eigenvalue weighted by Crippen LogP contribution is 2.29. The first kappa shape index (κ1) is 25.4. The highest BCUT2D eigenvalue weighted by Gasteiger charge is 2.33. The third kappa shape index (κ3) is 5.69. The van der Waals surface area contributed by atoms with Gasteiger partial charge in [-0.15, -0.1) is 0 Å². The average Bonchev–Trinajstić information content (AvgIpc) is 2.92. The molecule has 2 amide bonds. The van der Waals surface area contributed by atoms with E-state index in [9.17, 15) is 14.7 Å². The molecule has 0 bridgehead atoms. The zero-order chi connectivity index (χ0) is 25.8. The van der Waals surface area contributed by atoms with Crippen molar-refractivity contribution in [1.82, 2.24) is 14.7 Å². The number of amides is 2. The summed E-state index contributed by atoms with van der Waals surface area (Å²) < 4.78 is 5.78. The number of rotatable bonds is 10. The summed E-state index contributed by atoms with van der Waals surface area (Å²) in [6.45, 7) is 7.31. The van der Waals surface area contributed by atoms with Crippen molar-refractivity contribution < 1.29 is 19.4 Å². The molecule has 7 heteroatoms. The third-order valence-electron chi connectivity index (χ3n) is 7.33. The molecule has 0 aromatic heterocycles. The van der Waals surface area contributed by atoms with E-state index in [4.69, 9.17) is 4.74 Å². The van der Waals surface area contributed by atoms with Crippen molar-refractivity contribution in [2.45, 2.75) is 25.9 Å². The van der Waals surface area contributed by atoms with E-state index in [2.05, 4.69) is 28.9 Å². The minimum absolute atomic E-state index is 0.212. The first-order valence-corrected chi connectivity index (χ1v) is 13.3. The number of aliphatic hydroxyl groups excluding tert-OH is 1. The SMILES string of the molecule is CCCc1ccc(OCC(O)CN2CCN(CCN3C(=O)c4cccc5cccc(c45)C3=O)CC2)cc1. The fraction of sp³-hybridized carbons (Fsp3) is 0.400. The van der Waals surface area contributed by atoms with Gasteiger partial charge in [-0.1, -0.05) is 49.7 Å². The van der Waals surface area contributed by atoms with Gasteiger partial charge in [0.25, 0.3) is 11.8 Å². The topological polar surface area (TPSA) is 73.3 Å². The second-order valence-corrected chi connectivity index (χ2v) is 9.97. The van der Waals surface area contributed by atoms with Gasteiger partial charge in [0.1, 0.15) is 18.5 Å². The lowest BCUT2D eigenvalue weighted by molar-refractivity contribution is 0.0416. The predicted octanol–water partition coefficient (Wildman–Crippen LogP) is 3.45. The molecule has 7 nitrogen and oxygen atoms in total. The number of piperazine rings is 1. The molecular formula is C30H35N3O4. The molecular weight excluding hydrogens is 466 g/mol. The normalized spacial score (nSPS) is 17.4. The summed E-state index contributed by atoms with van der Waals surface area (Å²) in [6, 6.07) is 19.3. The molecule has 5 rings (SSSR count). The quantitative estimate of drug-likeness (QED) is 0.429. The van der Waals surface area contributed by atoms with E-state index in [0.29, 0.717) is 30.8 Å². The minimum Gasteiger partial charge on any atom is -0.491 e. The summed E-state index contributed by atoms with van der Waals surface area (Å²) in [5, 5.41) is 12.2. The summed E-state index contributed by atoms with van der Waals surface area (Å²) >= 11 is 0. The Hall–Kier alpha value is -3.26. The number of benzene rings is 3. The number of imide groups is 1. The van der Waals surface area contributed by atoms with Gasteiger partial charge < -0.3 is 9.84 Å². The van der Waals surface area contributed by atoms with Crippen LogP contribution < -0.4 is 4.74 Å². The van der Waals surface area contributed by atoms with Crippen molar-refractivity contribution in [2.24, 2.45) is 0 Å². The molecule has 0 spiro atoms. The lowest BCUT2D eigenvalue weighted by Gasteiger charge is -2.36. The van der Waals surface area contributed by atoms with Gasteiger partial charge in [-0.05, 0) is 41.6 Å². The zero-order valence-corrected chi connectivity index (χ0v) is 21.4. The molecule has 1 unspecified atom stereocenters. The van der Waals surface area contributed by atoms with Crippen LogP contribution in [0.1, 0.15) is 39.6 Å². The Bertz CT molecular complexity index is 1200. The maximum absolute atomic E-state index is 13.1. The van der Waals surface area contributed by atoms with E-state index in [1.807, 2.05) is 48.5 Å². The number of aryl methyl sites for hydroxylation is 1. The Morgan fingerprint density at radius 3 is 2.08 bits per heavy atom. The minimum atomic E-state index is -0.562. The number of carbonyl (C=O) groups is 2. The summed E-state index contributed by atoms with van der Waals surface area (Å²) in [5.74, 6) is 0.358.